The van der Waals surface area contributed by atoms with E-state index in [2.05, 4.69) is 4.98 Å². The first-order valence-electron chi connectivity index (χ1n) is 5.73. The van der Waals surface area contributed by atoms with Crippen LogP contribution < -0.4 is 4.74 Å². The molecule has 7 heteroatoms. The fraction of sp³-hybridized carbons (Fsp3) is 0.154. The van der Waals surface area contributed by atoms with Crippen LogP contribution in [0.3, 0.4) is 0 Å². The number of pyridine rings is 1. The fourth-order valence-electron chi connectivity index (χ4n) is 1.56. The third-order valence-electron chi connectivity index (χ3n) is 2.58. The standard InChI is InChI=1S/C13H11FN2O4/c1-8(17)9-4-5-15-13(6-9)20-10-2-3-12(16(18)19)11(14)7-10/h2-8,17H,1H3/t8-/m0/s1. The largest absolute Gasteiger partial charge is 0.439 e. The first kappa shape index (κ1) is 13.9. The molecule has 1 heterocycles. The Bertz CT molecular complexity index is 646. The molecule has 2 aromatic rings. The van der Waals surface area contributed by atoms with E-state index in [4.69, 9.17) is 4.74 Å². The van der Waals surface area contributed by atoms with E-state index in [9.17, 15) is 19.6 Å². The van der Waals surface area contributed by atoms with Crippen molar-refractivity contribution in [2.24, 2.45) is 0 Å². The van der Waals surface area contributed by atoms with Crippen molar-refractivity contribution < 1.29 is 19.2 Å². The summed E-state index contributed by atoms with van der Waals surface area (Å²) in [6.45, 7) is 1.59. The Morgan fingerprint density at radius 1 is 1.40 bits per heavy atom. The number of ether oxygens (including phenoxy) is 1. The number of benzene rings is 1. The smallest absolute Gasteiger partial charge is 0.305 e. The Kier molecular flexibility index (Phi) is 3.90. The van der Waals surface area contributed by atoms with Crippen molar-refractivity contribution in [2.75, 3.05) is 0 Å². The molecule has 0 unspecified atom stereocenters. The summed E-state index contributed by atoms with van der Waals surface area (Å²) in [6, 6.07) is 6.33. The first-order valence-corrected chi connectivity index (χ1v) is 5.73. The summed E-state index contributed by atoms with van der Waals surface area (Å²) in [6.07, 6.45) is 0.757. The van der Waals surface area contributed by atoms with Gasteiger partial charge in [0.25, 0.3) is 0 Å². The predicted molar refractivity (Wildman–Crippen MR) is 68.0 cm³/mol. The van der Waals surface area contributed by atoms with Crippen molar-refractivity contribution in [1.82, 2.24) is 4.98 Å². The van der Waals surface area contributed by atoms with Gasteiger partial charge in [0.05, 0.1) is 11.0 Å². The molecule has 2 rings (SSSR count). The van der Waals surface area contributed by atoms with Crippen molar-refractivity contribution >= 4 is 5.69 Å². The van der Waals surface area contributed by atoms with Gasteiger partial charge in [0.2, 0.25) is 11.7 Å². The molecule has 0 saturated carbocycles. The summed E-state index contributed by atoms with van der Waals surface area (Å²) in [7, 11) is 0. The summed E-state index contributed by atoms with van der Waals surface area (Å²) >= 11 is 0. The molecule has 0 bridgehead atoms. The average molecular weight is 278 g/mol. The van der Waals surface area contributed by atoms with Gasteiger partial charge in [0.15, 0.2) is 0 Å². The van der Waals surface area contributed by atoms with Crippen molar-refractivity contribution in [3.8, 4) is 11.6 Å². The van der Waals surface area contributed by atoms with Crippen LogP contribution in [-0.2, 0) is 0 Å². The quantitative estimate of drug-likeness (QED) is 0.686. The Morgan fingerprint density at radius 3 is 2.75 bits per heavy atom. The van der Waals surface area contributed by atoms with Gasteiger partial charge in [-0.1, -0.05) is 0 Å². The zero-order valence-electron chi connectivity index (χ0n) is 10.5. The SMILES string of the molecule is C[C@H](O)c1ccnc(Oc2ccc([N+](=O)[O-])c(F)c2)c1. The van der Waals surface area contributed by atoms with E-state index in [0.29, 0.717) is 5.56 Å². The minimum absolute atomic E-state index is 0.0864. The zero-order valence-corrected chi connectivity index (χ0v) is 10.5. The third kappa shape index (κ3) is 3.07. The summed E-state index contributed by atoms with van der Waals surface area (Å²) in [5, 5.41) is 19.9. The lowest BCUT2D eigenvalue weighted by Crippen LogP contribution is -1.96. The molecule has 0 fully saturated rings. The number of halogens is 1. The molecule has 20 heavy (non-hydrogen) atoms. The summed E-state index contributed by atoms with van der Waals surface area (Å²) < 4.78 is 18.7. The number of aliphatic hydroxyl groups excluding tert-OH is 1. The van der Waals surface area contributed by atoms with Gasteiger partial charge < -0.3 is 9.84 Å². The van der Waals surface area contributed by atoms with Gasteiger partial charge in [-0.25, -0.2) is 4.98 Å². The Labute approximate surface area is 113 Å². The Morgan fingerprint density at radius 2 is 2.15 bits per heavy atom. The molecule has 1 atom stereocenters. The van der Waals surface area contributed by atoms with E-state index in [0.717, 1.165) is 12.1 Å². The number of nitrogens with zero attached hydrogens (tertiary/aromatic N) is 2. The van der Waals surface area contributed by atoms with Crippen LogP contribution in [0.2, 0.25) is 0 Å². The van der Waals surface area contributed by atoms with Gasteiger partial charge in [-0.15, -0.1) is 0 Å². The number of hydrogen-bond donors (Lipinski definition) is 1. The highest BCUT2D eigenvalue weighted by Gasteiger charge is 2.15. The van der Waals surface area contributed by atoms with E-state index < -0.39 is 22.5 Å². The van der Waals surface area contributed by atoms with Gasteiger partial charge in [0.1, 0.15) is 5.75 Å². The molecule has 0 aliphatic heterocycles. The second kappa shape index (κ2) is 5.62. The number of nitro groups is 1. The lowest BCUT2D eigenvalue weighted by Gasteiger charge is -2.08. The van der Waals surface area contributed by atoms with Crippen LogP contribution >= 0.6 is 0 Å². The van der Waals surface area contributed by atoms with E-state index in [1.165, 1.54) is 18.3 Å². The van der Waals surface area contributed by atoms with E-state index in [1.807, 2.05) is 0 Å². The van der Waals surface area contributed by atoms with Crippen LogP contribution in [0.5, 0.6) is 11.6 Å². The molecule has 6 nitrogen and oxygen atoms in total. The van der Waals surface area contributed by atoms with Gasteiger partial charge in [-0.05, 0) is 24.6 Å². The zero-order chi connectivity index (χ0) is 14.7. The normalized spacial score (nSPS) is 11.9. The molecule has 104 valence electrons. The lowest BCUT2D eigenvalue weighted by atomic mass is 10.2. The molecule has 1 aromatic carbocycles. The summed E-state index contributed by atoms with van der Waals surface area (Å²) in [4.78, 5) is 13.6. The predicted octanol–water partition coefficient (Wildman–Crippen LogP) is 2.97. The van der Waals surface area contributed by atoms with Gasteiger partial charge in [-0.3, -0.25) is 10.1 Å². The second-order valence-corrected chi connectivity index (χ2v) is 4.08. The van der Waals surface area contributed by atoms with E-state index in [1.54, 1.807) is 13.0 Å². The Hall–Kier alpha value is -2.54. The van der Waals surface area contributed by atoms with E-state index in [-0.39, 0.29) is 11.6 Å². The molecule has 0 saturated heterocycles. The number of hydrogen-bond acceptors (Lipinski definition) is 5. The first-order chi connectivity index (χ1) is 9.47. The topological polar surface area (TPSA) is 85.5 Å². The van der Waals surface area contributed by atoms with E-state index >= 15 is 0 Å². The van der Waals surface area contributed by atoms with Gasteiger partial charge in [-0.2, -0.15) is 4.39 Å². The molecule has 0 aliphatic rings. The molecular formula is C13H11FN2O4. The summed E-state index contributed by atoms with van der Waals surface area (Å²) in [5.41, 5.74) is -0.0274. The van der Waals surface area contributed by atoms with Crippen molar-refractivity contribution in [2.45, 2.75) is 13.0 Å². The highest BCUT2D eigenvalue weighted by atomic mass is 19.1. The monoisotopic (exact) mass is 278 g/mol. The number of aliphatic hydroxyl groups is 1. The maximum absolute atomic E-state index is 13.4. The molecule has 1 aromatic heterocycles. The average Bonchev–Trinajstić information content (AvgIpc) is 2.38. The molecule has 1 N–H and O–H groups in total. The fourth-order valence-corrected chi connectivity index (χ4v) is 1.56. The van der Waals surface area contributed by atoms with Crippen molar-refractivity contribution in [3.63, 3.8) is 0 Å². The van der Waals surface area contributed by atoms with Gasteiger partial charge >= 0.3 is 5.69 Å². The molecule has 0 radical (unpaired) electrons. The van der Waals surface area contributed by atoms with Crippen molar-refractivity contribution in [1.29, 1.82) is 0 Å². The van der Waals surface area contributed by atoms with Crippen LogP contribution in [-0.4, -0.2) is 15.0 Å². The number of nitro benzene ring substituents is 1. The second-order valence-electron chi connectivity index (χ2n) is 4.08. The molecule has 0 spiro atoms. The van der Waals surface area contributed by atoms with Crippen LogP contribution in [0.15, 0.2) is 36.5 Å². The highest BCUT2D eigenvalue weighted by molar-refractivity contribution is 5.39. The van der Waals surface area contributed by atoms with Crippen molar-refractivity contribution in [3.05, 3.63) is 58.0 Å². The number of aromatic nitrogens is 1. The van der Waals surface area contributed by atoms with Crippen LogP contribution in [0.25, 0.3) is 0 Å². The van der Waals surface area contributed by atoms with Crippen LogP contribution in [0, 0.1) is 15.9 Å². The molecule has 0 amide bonds. The van der Waals surface area contributed by atoms with Gasteiger partial charge in [0, 0.05) is 24.4 Å². The molecular weight excluding hydrogens is 267 g/mol. The maximum Gasteiger partial charge on any atom is 0.305 e. The lowest BCUT2D eigenvalue weighted by molar-refractivity contribution is -0.387. The number of rotatable bonds is 4. The molecule has 0 aliphatic carbocycles. The minimum Gasteiger partial charge on any atom is -0.439 e. The van der Waals surface area contributed by atoms with Crippen LogP contribution in [0.4, 0.5) is 10.1 Å². The maximum atomic E-state index is 13.4. The minimum atomic E-state index is -0.987. The highest BCUT2D eigenvalue weighted by Crippen LogP contribution is 2.26. The summed E-state index contributed by atoms with van der Waals surface area (Å²) in [5.74, 6) is -0.737. The Balaban J connectivity index is 2.24. The van der Waals surface area contributed by atoms with Crippen LogP contribution in [0.1, 0.15) is 18.6 Å². The third-order valence-corrected chi connectivity index (χ3v) is 2.58.